The lowest BCUT2D eigenvalue weighted by Gasteiger charge is -2.26. The normalized spacial score (nSPS) is 18.3. The van der Waals surface area contributed by atoms with E-state index in [4.69, 9.17) is 0 Å². The van der Waals surface area contributed by atoms with Crippen LogP contribution in [0, 0.1) is 0 Å². The Morgan fingerprint density at radius 2 is 1.72 bits per heavy atom. The molecule has 0 fully saturated rings. The molecule has 0 aliphatic heterocycles. The van der Waals surface area contributed by atoms with E-state index < -0.39 is 0 Å². The summed E-state index contributed by atoms with van der Waals surface area (Å²) in [5, 5.41) is 3.69. The summed E-state index contributed by atoms with van der Waals surface area (Å²) >= 11 is 0. The molecule has 1 atom stereocenters. The van der Waals surface area contributed by atoms with Crippen LogP contribution in [0.15, 0.2) is 54.6 Å². The van der Waals surface area contributed by atoms with E-state index in [1.165, 1.54) is 36.0 Å². The number of rotatable bonds is 3. The molecule has 1 aliphatic rings. The van der Waals surface area contributed by atoms with Gasteiger partial charge in [-0.2, -0.15) is 0 Å². The molecular weight excluding hydrogens is 218 g/mol. The van der Waals surface area contributed by atoms with Crippen molar-refractivity contribution in [3.05, 3.63) is 71.3 Å². The van der Waals surface area contributed by atoms with Crippen LogP contribution < -0.4 is 5.32 Å². The molecule has 1 heteroatoms. The molecule has 1 aliphatic carbocycles. The van der Waals surface area contributed by atoms with Crippen molar-refractivity contribution in [1.82, 2.24) is 5.32 Å². The summed E-state index contributed by atoms with van der Waals surface area (Å²) in [7, 11) is 0. The van der Waals surface area contributed by atoms with Gasteiger partial charge in [0.25, 0.3) is 0 Å². The summed E-state index contributed by atoms with van der Waals surface area (Å²) in [6.07, 6.45) is 3.78. The molecule has 0 bridgehead atoms. The Bertz CT molecular complexity index is 504. The summed E-state index contributed by atoms with van der Waals surface area (Å²) in [6.45, 7) is 0.958. The Labute approximate surface area is 109 Å². The summed E-state index contributed by atoms with van der Waals surface area (Å²) in [5.41, 5.74) is 4.38. The maximum absolute atomic E-state index is 3.69. The van der Waals surface area contributed by atoms with E-state index in [-0.39, 0.29) is 0 Å². The topological polar surface area (TPSA) is 12.0 Å². The molecule has 1 N–H and O–H groups in total. The fraction of sp³-hybridized carbons (Fsp3) is 0.294. The van der Waals surface area contributed by atoms with Gasteiger partial charge in [-0.25, -0.2) is 0 Å². The fourth-order valence-corrected chi connectivity index (χ4v) is 2.80. The van der Waals surface area contributed by atoms with Crippen molar-refractivity contribution in [3.63, 3.8) is 0 Å². The molecule has 0 aromatic heterocycles. The number of benzene rings is 2. The van der Waals surface area contributed by atoms with Gasteiger partial charge in [0.2, 0.25) is 0 Å². The minimum absolute atomic E-state index is 0.523. The molecule has 2 aromatic rings. The Hall–Kier alpha value is -1.60. The molecule has 0 saturated carbocycles. The number of fused-ring (bicyclic) bond motifs is 1. The van der Waals surface area contributed by atoms with Gasteiger partial charge in [0.15, 0.2) is 0 Å². The smallest absolute Gasteiger partial charge is 0.0326 e. The first-order valence-corrected chi connectivity index (χ1v) is 6.78. The van der Waals surface area contributed by atoms with Crippen molar-refractivity contribution >= 4 is 0 Å². The molecule has 92 valence electrons. The van der Waals surface area contributed by atoms with Crippen molar-refractivity contribution in [2.45, 2.75) is 31.8 Å². The Morgan fingerprint density at radius 1 is 0.944 bits per heavy atom. The van der Waals surface area contributed by atoms with Gasteiger partial charge in [-0.05, 0) is 36.0 Å². The molecule has 2 aromatic carbocycles. The van der Waals surface area contributed by atoms with E-state index in [2.05, 4.69) is 59.9 Å². The van der Waals surface area contributed by atoms with Crippen molar-refractivity contribution in [1.29, 1.82) is 0 Å². The SMILES string of the molecule is c1ccc(CN[C@H]2CCCc3ccccc32)cc1. The zero-order valence-electron chi connectivity index (χ0n) is 10.6. The van der Waals surface area contributed by atoms with E-state index in [0.717, 1.165) is 6.54 Å². The van der Waals surface area contributed by atoms with Crippen LogP contribution in [0.2, 0.25) is 0 Å². The molecule has 0 saturated heterocycles. The summed E-state index contributed by atoms with van der Waals surface area (Å²) in [6, 6.07) is 20.0. The lowest BCUT2D eigenvalue weighted by atomic mass is 9.87. The Kier molecular flexibility index (Phi) is 3.42. The molecule has 0 radical (unpaired) electrons. The lowest BCUT2D eigenvalue weighted by molar-refractivity contribution is 0.459. The summed E-state index contributed by atoms with van der Waals surface area (Å²) in [5.74, 6) is 0. The predicted octanol–water partition coefficient (Wildman–Crippen LogP) is 3.85. The van der Waals surface area contributed by atoms with E-state index in [0.29, 0.717) is 6.04 Å². The molecule has 0 spiro atoms. The van der Waals surface area contributed by atoms with E-state index in [1.54, 1.807) is 0 Å². The Morgan fingerprint density at radius 3 is 2.61 bits per heavy atom. The zero-order chi connectivity index (χ0) is 12.2. The van der Waals surface area contributed by atoms with Crippen LogP contribution >= 0.6 is 0 Å². The van der Waals surface area contributed by atoms with E-state index in [9.17, 15) is 0 Å². The third-order valence-corrected chi connectivity index (χ3v) is 3.76. The highest BCUT2D eigenvalue weighted by Gasteiger charge is 2.18. The summed E-state index contributed by atoms with van der Waals surface area (Å²) in [4.78, 5) is 0. The minimum atomic E-state index is 0.523. The van der Waals surface area contributed by atoms with Crippen LogP contribution in [-0.2, 0) is 13.0 Å². The van der Waals surface area contributed by atoms with Gasteiger partial charge in [-0.15, -0.1) is 0 Å². The third kappa shape index (κ3) is 2.46. The first-order chi connectivity index (χ1) is 8.93. The molecule has 0 heterocycles. The van der Waals surface area contributed by atoms with E-state index in [1.807, 2.05) is 0 Å². The van der Waals surface area contributed by atoms with Crippen molar-refractivity contribution in [2.24, 2.45) is 0 Å². The van der Waals surface area contributed by atoms with Gasteiger partial charge in [0, 0.05) is 12.6 Å². The van der Waals surface area contributed by atoms with Gasteiger partial charge in [0.05, 0.1) is 0 Å². The monoisotopic (exact) mass is 237 g/mol. The van der Waals surface area contributed by atoms with Crippen LogP contribution in [0.3, 0.4) is 0 Å². The predicted molar refractivity (Wildman–Crippen MR) is 75.4 cm³/mol. The molecule has 18 heavy (non-hydrogen) atoms. The lowest BCUT2D eigenvalue weighted by Crippen LogP contribution is -2.24. The van der Waals surface area contributed by atoms with Gasteiger partial charge in [0.1, 0.15) is 0 Å². The highest BCUT2D eigenvalue weighted by molar-refractivity contribution is 5.32. The average molecular weight is 237 g/mol. The number of hydrogen-bond acceptors (Lipinski definition) is 1. The standard InChI is InChI=1S/C17H19N/c1-2-7-14(8-3-1)13-18-17-12-6-10-15-9-4-5-11-16(15)17/h1-5,7-9,11,17-18H,6,10,12-13H2/t17-/m0/s1. The molecule has 1 nitrogen and oxygen atoms in total. The summed E-state index contributed by atoms with van der Waals surface area (Å²) < 4.78 is 0. The third-order valence-electron chi connectivity index (χ3n) is 3.76. The van der Waals surface area contributed by atoms with Crippen molar-refractivity contribution in [2.75, 3.05) is 0 Å². The average Bonchev–Trinajstić information content (AvgIpc) is 2.46. The van der Waals surface area contributed by atoms with Gasteiger partial charge in [-0.3, -0.25) is 0 Å². The minimum Gasteiger partial charge on any atom is -0.306 e. The van der Waals surface area contributed by atoms with Crippen molar-refractivity contribution < 1.29 is 0 Å². The van der Waals surface area contributed by atoms with Crippen molar-refractivity contribution in [3.8, 4) is 0 Å². The molecule has 0 unspecified atom stereocenters. The number of nitrogens with one attached hydrogen (secondary N) is 1. The van der Waals surface area contributed by atoms with E-state index >= 15 is 0 Å². The maximum Gasteiger partial charge on any atom is 0.0326 e. The second-order valence-electron chi connectivity index (χ2n) is 5.01. The van der Waals surface area contributed by atoms with Crippen LogP contribution in [0.1, 0.15) is 35.6 Å². The largest absolute Gasteiger partial charge is 0.306 e. The first kappa shape index (κ1) is 11.5. The van der Waals surface area contributed by atoms with Crippen LogP contribution in [0.25, 0.3) is 0 Å². The number of aryl methyl sites for hydroxylation is 1. The molecule has 3 rings (SSSR count). The van der Waals surface area contributed by atoms with Gasteiger partial charge in [-0.1, -0.05) is 54.6 Å². The molecule has 0 amide bonds. The molecular formula is C17H19N. The quantitative estimate of drug-likeness (QED) is 0.855. The Balaban J connectivity index is 1.71. The fourth-order valence-electron chi connectivity index (χ4n) is 2.80. The van der Waals surface area contributed by atoms with Crippen LogP contribution in [0.4, 0.5) is 0 Å². The van der Waals surface area contributed by atoms with Crippen LogP contribution in [0.5, 0.6) is 0 Å². The second-order valence-corrected chi connectivity index (χ2v) is 5.01. The zero-order valence-corrected chi connectivity index (χ0v) is 10.6. The van der Waals surface area contributed by atoms with Gasteiger partial charge >= 0.3 is 0 Å². The maximum atomic E-state index is 3.69. The highest BCUT2D eigenvalue weighted by Crippen LogP contribution is 2.29. The first-order valence-electron chi connectivity index (χ1n) is 6.78. The van der Waals surface area contributed by atoms with Crippen LogP contribution in [-0.4, -0.2) is 0 Å². The number of hydrogen-bond donors (Lipinski definition) is 1. The highest BCUT2D eigenvalue weighted by atomic mass is 14.9. The van der Waals surface area contributed by atoms with Gasteiger partial charge < -0.3 is 5.32 Å². The second kappa shape index (κ2) is 5.36.